The van der Waals surface area contributed by atoms with E-state index in [0.29, 0.717) is 6.61 Å². The topological polar surface area (TPSA) is 22.1 Å². The van der Waals surface area contributed by atoms with Crippen molar-refractivity contribution in [3.8, 4) is 0 Å². The van der Waals surface area contributed by atoms with Gasteiger partial charge in [-0.3, -0.25) is 4.98 Å². The molecule has 2 nitrogen and oxygen atoms in total. The Morgan fingerprint density at radius 3 is 2.93 bits per heavy atom. The molecule has 0 unspecified atom stereocenters. The second kappa shape index (κ2) is 4.17. The molecule has 0 N–H and O–H groups in total. The Labute approximate surface area is 93.8 Å². The predicted octanol–water partition coefficient (Wildman–Crippen LogP) is 3.34. The first-order chi connectivity index (χ1) is 7.22. The summed E-state index contributed by atoms with van der Waals surface area (Å²) in [6.45, 7) is 2.55. The van der Waals surface area contributed by atoms with Gasteiger partial charge in [-0.2, -0.15) is 0 Å². The van der Waals surface area contributed by atoms with E-state index >= 15 is 0 Å². The predicted molar refractivity (Wildman–Crippen MR) is 62.2 cm³/mol. The number of benzene rings is 1. The highest BCUT2D eigenvalue weighted by atomic mass is 35.5. The fourth-order valence-electron chi connectivity index (χ4n) is 1.56. The van der Waals surface area contributed by atoms with Crippen LogP contribution in [0.25, 0.3) is 10.9 Å². The van der Waals surface area contributed by atoms with Crippen molar-refractivity contribution < 1.29 is 4.74 Å². The van der Waals surface area contributed by atoms with Crippen molar-refractivity contribution in [2.45, 2.75) is 13.5 Å². The number of methoxy groups -OCH3 is 1. The molecule has 1 aromatic carbocycles. The zero-order chi connectivity index (χ0) is 10.8. The van der Waals surface area contributed by atoms with E-state index in [2.05, 4.69) is 4.98 Å². The van der Waals surface area contributed by atoms with Crippen LogP contribution in [0.3, 0.4) is 0 Å². The van der Waals surface area contributed by atoms with Crippen molar-refractivity contribution in [3.05, 3.63) is 40.5 Å². The molecule has 15 heavy (non-hydrogen) atoms. The van der Waals surface area contributed by atoms with Gasteiger partial charge in [-0.1, -0.05) is 17.7 Å². The van der Waals surface area contributed by atoms with E-state index in [1.54, 1.807) is 13.3 Å². The maximum absolute atomic E-state index is 6.22. The van der Waals surface area contributed by atoms with Gasteiger partial charge in [0.2, 0.25) is 0 Å². The highest BCUT2D eigenvalue weighted by Gasteiger charge is 2.04. The number of hydrogen-bond acceptors (Lipinski definition) is 2. The Balaban J connectivity index is 2.63. The number of rotatable bonds is 2. The molecule has 0 atom stereocenters. The molecular weight excluding hydrogens is 210 g/mol. The molecule has 2 rings (SSSR count). The van der Waals surface area contributed by atoms with Crippen molar-refractivity contribution in [2.24, 2.45) is 0 Å². The monoisotopic (exact) mass is 221 g/mol. The van der Waals surface area contributed by atoms with Crippen LogP contribution < -0.4 is 0 Å². The number of aryl methyl sites for hydroxylation is 1. The van der Waals surface area contributed by atoms with E-state index in [-0.39, 0.29) is 0 Å². The normalized spacial score (nSPS) is 10.9. The fourth-order valence-corrected chi connectivity index (χ4v) is 1.76. The molecule has 0 bridgehead atoms. The van der Waals surface area contributed by atoms with Crippen molar-refractivity contribution in [1.82, 2.24) is 4.98 Å². The minimum Gasteiger partial charge on any atom is -0.380 e. The van der Waals surface area contributed by atoms with E-state index in [9.17, 15) is 0 Å². The first kappa shape index (κ1) is 10.4. The van der Waals surface area contributed by atoms with E-state index in [4.69, 9.17) is 16.3 Å². The van der Waals surface area contributed by atoms with Gasteiger partial charge in [-0.05, 0) is 30.2 Å². The Bertz CT molecular complexity index is 496. The van der Waals surface area contributed by atoms with Gasteiger partial charge in [-0.25, -0.2) is 0 Å². The zero-order valence-corrected chi connectivity index (χ0v) is 9.51. The number of halogens is 1. The summed E-state index contributed by atoms with van der Waals surface area (Å²) < 4.78 is 5.08. The standard InChI is InChI=1S/C12H12ClNO/c1-8-6-14-11-4-3-9(7-15-2)5-10(11)12(8)13/h3-6H,7H2,1-2H3. The highest BCUT2D eigenvalue weighted by molar-refractivity contribution is 6.36. The van der Waals surface area contributed by atoms with Crippen LogP contribution in [0.5, 0.6) is 0 Å². The molecule has 78 valence electrons. The van der Waals surface area contributed by atoms with Crippen molar-refractivity contribution in [1.29, 1.82) is 0 Å². The Morgan fingerprint density at radius 2 is 2.20 bits per heavy atom. The minimum absolute atomic E-state index is 0.597. The molecule has 0 saturated carbocycles. The molecule has 1 aromatic heterocycles. The van der Waals surface area contributed by atoms with Crippen LogP contribution in [0.4, 0.5) is 0 Å². The summed E-state index contributed by atoms with van der Waals surface area (Å²) in [5.41, 5.74) is 3.03. The lowest BCUT2D eigenvalue weighted by molar-refractivity contribution is 0.185. The van der Waals surface area contributed by atoms with Crippen LogP contribution in [0.15, 0.2) is 24.4 Å². The molecular formula is C12H12ClNO. The lowest BCUT2D eigenvalue weighted by atomic mass is 10.1. The van der Waals surface area contributed by atoms with E-state index in [1.165, 1.54) is 0 Å². The van der Waals surface area contributed by atoms with Gasteiger partial charge in [0.05, 0.1) is 17.1 Å². The summed E-state index contributed by atoms with van der Waals surface area (Å²) in [6, 6.07) is 6.00. The summed E-state index contributed by atoms with van der Waals surface area (Å²) in [6.07, 6.45) is 1.79. The highest BCUT2D eigenvalue weighted by Crippen LogP contribution is 2.26. The van der Waals surface area contributed by atoms with Gasteiger partial charge in [0.25, 0.3) is 0 Å². The molecule has 0 aliphatic carbocycles. The van der Waals surface area contributed by atoms with Crippen LogP contribution >= 0.6 is 11.6 Å². The third-order valence-electron chi connectivity index (χ3n) is 2.35. The van der Waals surface area contributed by atoms with Crippen LogP contribution in [0, 0.1) is 6.92 Å². The number of ether oxygens (including phenoxy) is 1. The molecule has 0 spiro atoms. The Hall–Kier alpha value is -1.12. The maximum atomic E-state index is 6.22. The average molecular weight is 222 g/mol. The minimum atomic E-state index is 0.597. The van der Waals surface area contributed by atoms with E-state index in [0.717, 1.165) is 27.1 Å². The third kappa shape index (κ3) is 1.96. The van der Waals surface area contributed by atoms with E-state index in [1.807, 2.05) is 25.1 Å². The molecule has 0 fully saturated rings. The molecule has 0 amide bonds. The first-order valence-electron chi connectivity index (χ1n) is 4.75. The fraction of sp³-hybridized carbons (Fsp3) is 0.250. The number of nitrogens with zero attached hydrogens (tertiary/aromatic N) is 1. The van der Waals surface area contributed by atoms with E-state index < -0.39 is 0 Å². The number of aromatic nitrogens is 1. The smallest absolute Gasteiger partial charge is 0.0717 e. The van der Waals surface area contributed by atoms with Crippen molar-refractivity contribution in [2.75, 3.05) is 7.11 Å². The first-order valence-corrected chi connectivity index (χ1v) is 5.13. The lowest BCUT2D eigenvalue weighted by Gasteiger charge is -2.05. The molecule has 3 heteroatoms. The molecule has 0 radical (unpaired) electrons. The third-order valence-corrected chi connectivity index (χ3v) is 2.85. The van der Waals surface area contributed by atoms with Gasteiger partial charge in [0, 0.05) is 18.7 Å². The van der Waals surface area contributed by atoms with Crippen LogP contribution in [0.1, 0.15) is 11.1 Å². The molecule has 1 heterocycles. The van der Waals surface area contributed by atoms with Crippen molar-refractivity contribution >= 4 is 22.5 Å². The summed E-state index contributed by atoms with van der Waals surface area (Å²) in [5, 5.41) is 1.77. The largest absolute Gasteiger partial charge is 0.380 e. The second-order valence-corrected chi connectivity index (χ2v) is 3.92. The van der Waals surface area contributed by atoms with Gasteiger partial charge in [-0.15, -0.1) is 0 Å². The Kier molecular flexibility index (Phi) is 2.89. The second-order valence-electron chi connectivity index (χ2n) is 3.54. The van der Waals surface area contributed by atoms with Crippen LogP contribution in [-0.4, -0.2) is 12.1 Å². The SMILES string of the molecule is COCc1ccc2ncc(C)c(Cl)c2c1. The summed E-state index contributed by atoms with van der Waals surface area (Å²) >= 11 is 6.22. The molecule has 2 aromatic rings. The quantitative estimate of drug-likeness (QED) is 0.776. The number of hydrogen-bond donors (Lipinski definition) is 0. The van der Waals surface area contributed by atoms with Gasteiger partial charge in [0.15, 0.2) is 0 Å². The van der Waals surface area contributed by atoms with Crippen molar-refractivity contribution in [3.63, 3.8) is 0 Å². The van der Waals surface area contributed by atoms with Crippen LogP contribution in [-0.2, 0) is 11.3 Å². The Morgan fingerprint density at radius 1 is 1.40 bits per heavy atom. The molecule has 0 aliphatic heterocycles. The van der Waals surface area contributed by atoms with Gasteiger partial charge >= 0.3 is 0 Å². The average Bonchev–Trinajstić information content (AvgIpc) is 2.25. The summed E-state index contributed by atoms with van der Waals surface area (Å²) in [4.78, 5) is 4.32. The van der Waals surface area contributed by atoms with Gasteiger partial charge < -0.3 is 4.74 Å². The molecule has 0 saturated heterocycles. The summed E-state index contributed by atoms with van der Waals surface area (Å²) in [7, 11) is 1.68. The lowest BCUT2D eigenvalue weighted by Crippen LogP contribution is -1.89. The summed E-state index contributed by atoms with van der Waals surface area (Å²) in [5.74, 6) is 0. The number of pyridine rings is 1. The zero-order valence-electron chi connectivity index (χ0n) is 8.75. The van der Waals surface area contributed by atoms with Gasteiger partial charge in [0.1, 0.15) is 0 Å². The number of fused-ring (bicyclic) bond motifs is 1. The molecule has 0 aliphatic rings. The van der Waals surface area contributed by atoms with Crippen LogP contribution in [0.2, 0.25) is 5.02 Å². The maximum Gasteiger partial charge on any atom is 0.0717 e.